The van der Waals surface area contributed by atoms with E-state index in [0.717, 1.165) is 48.9 Å². The molecule has 6 heteroatoms. The summed E-state index contributed by atoms with van der Waals surface area (Å²) in [5.41, 5.74) is 4.43. The summed E-state index contributed by atoms with van der Waals surface area (Å²) >= 11 is 0. The van der Waals surface area contributed by atoms with Gasteiger partial charge in [-0.1, -0.05) is 19.1 Å². The molecule has 3 heterocycles. The van der Waals surface area contributed by atoms with E-state index in [1.807, 2.05) is 16.5 Å². The van der Waals surface area contributed by atoms with Crippen molar-refractivity contribution in [1.82, 2.24) is 19.6 Å². The molecule has 2 aliphatic rings. The van der Waals surface area contributed by atoms with Gasteiger partial charge in [-0.15, -0.1) is 0 Å². The minimum atomic E-state index is -0.230. The number of rotatable bonds is 4. The third-order valence-electron chi connectivity index (χ3n) is 6.17. The molecular weight excluding hydrogens is 355 g/mol. The molecular formula is C22H29FN4O. The SMILES string of the molecule is Cc1nn(Cc2ccc(F)cc2)c2c1CCN(C(=O)CN1CCC(C)CC1)C2. The molecule has 2 aromatic rings. The van der Waals surface area contributed by atoms with E-state index in [4.69, 9.17) is 5.10 Å². The van der Waals surface area contributed by atoms with Crippen LogP contribution in [0.2, 0.25) is 0 Å². The minimum absolute atomic E-state index is 0.215. The molecule has 0 N–H and O–H groups in total. The summed E-state index contributed by atoms with van der Waals surface area (Å²) in [7, 11) is 0. The van der Waals surface area contributed by atoms with Gasteiger partial charge in [0.2, 0.25) is 5.91 Å². The standard InChI is InChI=1S/C22H29FN4O/c1-16-7-10-25(11-8-16)15-22(28)26-12-9-20-17(2)24-27(21(20)14-26)13-18-3-5-19(23)6-4-18/h3-6,16H,7-15H2,1-2H3. The summed E-state index contributed by atoms with van der Waals surface area (Å²) in [6.07, 6.45) is 3.22. The molecule has 150 valence electrons. The quantitative estimate of drug-likeness (QED) is 0.814. The molecule has 0 saturated carbocycles. The normalized spacial score (nSPS) is 18.3. The van der Waals surface area contributed by atoms with Crippen molar-refractivity contribution in [1.29, 1.82) is 0 Å². The Morgan fingerprint density at radius 2 is 1.89 bits per heavy atom. The predicted molar refractivity (Wildman–Crippen MR) is 106 cm³/mol. The van der Waals surface area contributed by atoms with Crippen LogP contribution >= 0.6 is 0 Å². The van der Waals surface area contributed by atoms with Gasteiger partial charge in [-0.2, -0.15) is 5.10 Å². The van der Waals surface area contributed by atoms with Crippen LogP contribution in [0.25, 0.3) is 0 Å². The van der Waals surface area contributed by atoms with Crippen molar-refractivity contribution in [2.45, 2.75) is 46.2 Å². The minimum Gasteiger partial charge on any atom is -0.335 e. The molecule has 0 aliphatic carbocycles. The van der Waals surface area contributed by atoms with Crippen molar-refractivity contribution in [3.63, 3.8) is 0 Å². The Morgan fingerprint density at radius 3 is 2.61 bits per heavy atom. The molecule has 2 aliphatic heterocycles. The molecule has 1 saturated heterocycles. The Bertz CT molecular complexity index is 837. The van der Waals surface area contributed by atoms with Crippen molar-refractivity contribution < 1.29 is 9.18 Å². The second-order valence-corrected chi connectivity index (χ2v) is 8.32. The maximum atomic E-state index is 13.2. The summed E-state index contributed by atoms with van der Waals surface area (Å²) in [4.78, 5) is 17.1. The molecule has 0 spiro atoms. The van der Waals surface area contributed by atoms with Crippen molar-refractivity contribution >= 4 is 5.91 Å². The third kappa shape index (κ3) is 4.12. The van der Waals surface area contributed by atoms with Crippen molar-refractivity contribution in [3.8, 4) is 0 Å². The van der Waals surface area contributed by atoms with Gasteiger partial charge in [0.25, 0.3) is 0 Å². The highest BCUT2D eigenvalue weighted by atomic mass is 19.1. The second-order valence-electron chi connectivity index (χ2n) is 8.32. The van der Waals surface area contributed by atoms with Gasteiger partial charge < -0.3 is 4.90 Å². The third-order valence-corrected chi connectivity index (χ3v) is 6.17. The number of aryl methyl sites for hydroxylation is 1. The van der Waals surface area contributed by atoms with Gasteiger partial charge in [0.1, 0.15) is 5.82 Å². The Morgan fingerprint density at radius 1 is 1.18 bits per heavy atom. The van der Waals surface area contributed by atoms with Gasteiger partial charge in [-0.25, -0.2) is 4.39 Å². The summed E-state index contributed by atoms with van der Waals surface area (Å²) < 4.78 is 15.2. The number of carbonyl (C=O) groups excluding carboxylic acids is 1. The van der Waals surface area contributed by atoms with Gasteiger partial charge in [0, 0.05) is 6.54 Å². The van der Waals surface area contributed by atoms with Crippen LogP contribution in [0.3, 0.4) is 0 Å². The van der Waals surface area contributed by atoms with Crippen LogP contribution in [0, 0.1) is 18.7 Å². The maximum absolute atomic E-state index is 13.2. The Labute approximate surface area is 166 Å². The number of piperidine rings is 1. The number of aromatic nitrogens is 2. The molecule has 1 fully saturated rings. The number of likely N-dealkylation sites (tertiary alicyclic amines) is 1. The van der Waals surface area contributed by atoms with E-state index in [0.29, 0.717) is 19.6 Å². The van der Waals surface area contributed by atoms with Crippen LogP contribution in [0.15, 0.2) is 24.3 Å². The summed E-state index contributed by atoms with van der Waals surface area (Å²) in [6.45, 7) is 8.86. The average Bonchev–Trinajstić information content (AvgIpc) is 3.00. The molecule has 28 heavy (non-hydrogen) atoms. The number of fused-ring (bicyclic) bond motifs is 1. The van der Waals surface area contributed by atoms with Crippen LogP contribution in [0.5, 0.6) is 0 Å². The van der Waals surface area contributed by atoms with E-state index in [9.17, 15) is 9.18 Å². The number of nitrogens with zero attached hydrogens (tertiary/aromatic N) is 4. The predicted octanol–water partition coefficient (Wildman–Crippen LogP) is 3.00. The zero-order valence-electron chi connectivity index (χ0n) is 16.8. The van der Waals surface area contributed by atoms with Gasteiger partial charge in [-0.3, -0.25) is 14.4 Å². The first-order chi connectivity index (χ1) is 13.5. The van der Waals surface area contributed by atoms with Crippen LogP contribution in [0.1, 0.15) is 42.3 Å². The lowest BCUT2D eigenvalue weighted by Gasteiger charge is -2.33. The Balaban J connectivity index is 1.45. The van der Waals surface area contributed by atoms with Crippen molar-refractivity contribution in [2.24, 2.45) is 5.92 Å². The van der Waals surface area contributed by atoms with Crippen LogP contribution in [0.4, 0.5) is 4.39 Å². The van der Waals surface area contributed by atoms with Gasteiger partial charge in [0.15, 0.2) is 0 Å². The molecule has 0 unspecified atom stereocenters. The fourth-order valence-corrected chi connectivity index (χ4v) is 4.29. The van der Waals surface area contributed by atoms with Crippen molar-refractivity contribution in [3.05, 3.63) is 52.6 Å². The van der Waals surface area contributed by atoms with Crippen molar-refractivity contribution in [2.75, 3.05) is 26.2 Å². The first-order valence-electron chi connectivity index (χ1n) is 10.3. The van der Waals surface area contributed by atoms with E-state index in [1.54, 1.807) is 12.1 Å². The van der Waals surface area contributed by atoms with Crippen LogP contribution in [-0.2, 0) is 24.3 Å². The summed E-state index contributed by atoms with van der Waals surface area (Å²) in [5, 5.41) is 4.70. The number of benzene rings is 1. The topological polar surface area (TPSA) is 41.4 Å². The van der Waals surface area contributed by atoms with E-state index < -0.39 is 0 Å². The van der Waals surface area contributed by atoms with E-state index >= 15 is 0 Å². The average molecular weight is 384 g/mol. The van der Waals surface area contributed by atoms with Gasteiger partial charge in [0.05, 0.1) is 31.0 Å². The summed E-state index contributed by atoms with van der Waals surface area (Å²) in [6, 6.07) is 6.55. The highest BCUT2D eigenvalue weighted by Crippen LogP contribution is 2.24. The Kier molecular flexibility index (Phi) is 5.49. The largest absolute Gasteiger partial charge is 0.335 e. The lowest BCUT2D eigenvalue weighted by atomic mass is 9.99. The number of amides is 1. The van der Waals surface area contributed by atoms with E-state index in [2.05, 4.69) is 11.8 Å². The van der Waals surface area contributed by atoms with E-state index in [1.165, 1.54) is 30.5 Å². The monoisotopic (exact) mass is 384 g/mol. The first kappa shape index (κ1) is 19.1. The Hall–Kier alpha value is -2.21. The first-order valence-corrected chi connectivity index (χ1v) is 10.3. The molecule has 4 rings (SSSR count). The zero-order chi connectivity index (χ0) is 19.7. The number of carbonyl (C=O) groups is 1. The maximum Gasteiger partial charge on any atom is 0.237 e. The van der Waals surface area contributed by atoms with Crippen LogP contribution < -0.4 is 0 Å². The lowest BCUT2D eigenvalue weighted by molar-refractivity contribution is -0.133. The van der Waals surface area contributed by atoms with Crippen LogP contribution in [-0.4, -0.2) is 51.7 Å². The zero-order valence-corrected chi connectivity index (χ0v) is 16.8. The van der Waals surface area contributed by atoms with E-state index in [-0.39, 0.29) is 11.7 Å². The molecule has 0 radical (unpaired) electrons. The summed E-state index contributed by atoms with van der Waals surface area (Å²) in [5.74, 6) is 0.756. The number of hydrogen-bond donors (Lipinski definition) is 0. The fraction of sp³-hybridized carbons (Fsp3) is 0.545. The molecule has 0 bridgehead atoms. The number of halogens is 1. The number of hydrogen-bond acceptors (Lipinski definition) is 3. The van der Waals surface area contributed by atoms with Gasteiger partial charge >= 0.3 is 0 Å². The lowest BCUT2D eigenvalue weighted by Crippen LogP contribution is -2.45. The highest BCUT2D eigenvalue weighted by Gasteiger charge is 2.28. The fourth-order valence-electron chi connectivity index (χ4n) is 4.29. The molecule has 1 aromatic heterocycles. The highest BCUT2D eigenvalue weighted by molar-refractivity contribution is 5.78. The smallest absolute Gasteiger partial charge is 0.237 e. The second kappa shape index (κ2) is 8.03. The molecule has 1 aromatic carbocycles. The molecule has 0 atom stereocenters. The molecule has 5 nitrogen and oxygen atoms in total. The van der Waals surface area contributed by atoms with Gasteiger partial charge in [-0.05, 0) is 68.5 Å². The molecule has 1 amide bonds.